The second-order valence-electron chi connectivity index (χ2n) is 4.88. The molecule has 110 valence electrons. The molecule has 0 N–H and O–H groups in total. The highest BCUT2D eigenvalue weighted by Crippen LogP contribution is 2.28. The molecule has 1 fully saturated rings. The number of nitrogens with zero attached hydrogens (tertiary/aromatic N) is 2. The Bertz CT molecular complexity index is 621. The van der Waals surface area contributed by atoms with Gasteiger partial charge in [0.25, 0.3) is 0 Å². The number of likely N-dealkylation sites (tertiary alicyclic amines) is 1. The monoisotopic (exact) mass is 322 g/mol. The van der Waals surface area contributed by atoms with E-state index in [0.29, 0.717) is 5.75 Å². The Morgan fingerprint density at radius 2 is 2.00 bits per heavy atom. The number of hydrogen-bond acceptors (Lipinski definition) is 4. The first-order valence-electron chi connectivity index (χ1n) is 6.84. The third kappa shape index (κ3) is 3.63. The Balaban J connectivity index is 1.60. The van der Waals surface area contributed by atoms with Crippen LogP contribution < -0.4 is 0 Å². The van der Waals surface area contributed by atoms with Gasteiger partial charge in [-0.05, 0) is 37.1 Å². The lowest BCUT2D eigenvalue weighted by Gasteiger charge is -2.13. The Kier molecular flexibility index (Phi) is 4.55. The minimum Gasteiger partial charge on any atom is -0.342 e. The van der Waals surface area contributed by atoms with Crippen molar-refractivity contribution in [2.75, 3.05) is 18.8 Å². The molecular weight excluding hydrogens is 307 g/mol. The summed E-state index contributed by atoms with van der Waals surface area (Å²) >= 11 is 3.00. The number of amides is 1. The van der Waals surface area contributed by atoms with Gasteiger partial charge in [-0.2, -0.15) is 0 Å². The molecule has 2 aromatic rings. The lowest BCUT2D eigenvalue weighted by Crippen LogP contribution is -2.29. The van der Waals surface area contributed by atoms with Gasteiger partial charge in [-0.25, -0.2) is 9.37 Å². The molecule has 1 saturated heterocycles. The number of thiazole rings is 1. The smallest absolute Gasteiger partial charge is 0.233 e. The summed E-state index contributed by atoms with van der Waals surface area (Å²) in [6.45, 7) is 1.77. The lowest BCUT2D eigenvalue weighted by molar-refractivity contribution is -0.127. The summed E-state index contributed by atoms with van der Waals surface area (Å²) < 4.78 is 13.8. The van der Waals surface area contributed by atoms with Gasteiger partial charge < -0.3 is 4.90 Å². The van der Waals surface area contributed by atoms with Crippen LogP contribution in [-0.4, -0.2) is 34.6 Å². The number of halogens is 1. The van der Waals surface area contributed by atoms with Gasteiger partial charge in [0.1, 0.15) is 5.82 Å². The fraction of sp³-hybridized carbons (Fsp3) is 0.333. The number of aromatic nitrogens is 1. The highest BCUT2D eigenvalue weighted by atomic mass is 32.2. The third-order valence-electron chi connectivity index (χ3n) is 3.40. The number of carbonyl (C=O) groups is 1. The lowest BCUT2D eigenvalue weighted by atomic mass is 10.2. The number of carbonyl (C=O) groups excluding carboxylic acids is 1. The second kappa shape index (κ2) is 6.58. The number of hydrogen-bond donors (Lipinski definition) is 0. The average molecular weight is 322 g/mol. The Morgan fingerprint density at radius 3 is 2.71 bits per heavy atom. The van der Waals surface area contributed by atoms with Crippen LogP contribution in [0.2, 0.25) is 0 Å². The summed E-state index contributed by atoms with van der Waals surface area (Å²) in [5.41, 5.74) is 1.72. The third-order valence-corrected chi connectivity index (χ3v) is 5.41. The number of rotatable bonds is 4. The Morgan fingerprint density at radius 1 is 1.29 bits per heavy atom. The summed E-state index contributed by atoms with van der Waals surface area (Å²) in [6, 6.07) is 6.29. The minimum absolute atomic E-state index is 0.191. The van der Waals surface area contributed by atoms with Crippen molar-refractivity contribution >= 4 is 29.0 Å². The molecule has 1 amide bonds. The van der Waals surface area contributed by atoms with Crippen LogP contribution in [0, 0.1) is 5.82 Å². The highest BCUT2D eigenvalue weighted by molar-refractivity contribution is 8.01. The molecule has 0 spiro atoms. The summed E-state index contributed by atoms with van der Waals surface area (Å²) in [5, 5.41) is 1.94. The largest absolute Gasteiger partial charge is 0.342 e. The molecule has 3 rings (SSSR count). The van der Waals surface area contributed by atoms with Crippen LogP contribution in [0.5, 0.6) is 0 Å². The SMILES string of the molecule is O=C(CSc1nc(-c2ccc(F)cc2)cs1)N1CCCC1. The maximum absolute atomic E-state index is 12.9. The van der Waals surface area contributed by atoms with Crippen molar-refractivity contribution in [1.29, 1.82) is 0 Å². The molecule has 1 aromatic carbocycles. The van der Waals surface area contributed by atoms with Gasteiger partial charge in [-0.3, -0.25) is 4.79 Å². The molecule has 1 aromatic heterocycles. The van der Waals surface area contributed by atoms with Crippen LogP contribution >= 0.6 is 23.1 Å². The van der Waals surface area contributed by atoms with Crippen molar-refractivity contribution in [2.24, 2.45) is 0 Å². The molecule has 0 atom stereocenters. The molecule has 2 heterocycles. The van der Waals surface area contributed by atoms with Gasteiger partial charge in [-0.15, -0.1) is 11.3 Å². The van der Waals surface area contributed by atoms with E-state index in [1.165, 1.54) is 35.2 Å². The van der Waals surface area contributed by atoms with Crippen LogP contribution in [0.3, 0.4) is 0 Å². The minimum atomic E-state index is -0.250. The predicted molar refractivity (Wildman–Crippen MR) is 84.0 cm³/mol. The molecule has 0 saturated carbocycles. The Labute approximate surface area is 131 Å². The predicted octanol–water partition coefficient (Wildman–Crippen LogP) is 3.66. The number of thioether (sulfide) groups is 1. The summed E-state index contributed by atoms with van der Waals surface area (Å²) in [6.07, 6.45) is 2.23. The molecule has 0 aliphatic carbocycles. The van der Waals surface area contributed by atoms with Crippen LogP contribution in [0.1, 0.15) is 12.8 Å². The van der Waals surface area contributed by atoms with Gasteiger partial charge >= 0.3 is 0 Å². The van der Waals surface area contributed by atoms with E-state index in [1.807, 2.05) is 10.3 Å². The molecule has 3 nitrogen and oxygen atoms in total. The fourth-order valence-electron chi connectivity index (χ4n) is 2.26. The van der Waals surface area contributed by atoms with Crippen LogP contribution in [0.4, 0.5) is 4.39 Å². The van der Waals surface area contributed by atoms with Crippen molar-refractivity contribution in [3.05, 3.63) is 35.5 Å². The first kappa shape index (κ1) is 14.5. The molecule has 0 unspecified atom stereocenters. The second-order valence-corrected chi connectivity index (χ2v) is 6.96. The van der Waals surface area contributed by atoms with Gasteiger partial charge in [0, 0.05) is 24.0 Å². The molecule has 6 heteroatoms. The molecule has 0 bridgehead atoms. The Hall–Kier alpha value is -1.40. The van der Waals surface area contributed by atoms with Gasteiger partial charge in [0.15, 0.2) is 4.34 Å². The van der Waals surface area contributed by atoms with E-state index in [2.05, 4.69) is 4.98 Å². The quantitative estimate of drug-likeness (QED) is 0.805. The zero-order valence-corrected chi connectivity index (χ0v) is 13.1. The highest BCUT2D eigenvalue weighted by Gasteiger charge is 2.18. The van der Waals surface area contributed by atoms with Crippen molar-refractivity contribution in [3.63, 3.8) is 0 Å². The molecule has 0 radical (unpaired) electrons. The molecule has 1 aliphatic heterocycles. The van der Waals surface area contributed by atoms with Gasteiger partial charge in [-0.1, -0.05) is 11.8 Å². The van der Waals surface area contributed by atoms with Crippen molar-refractivity contribution in [3.8, 4) is 11.3 Å². The van der Waals surface area contributed by atoms with Crippen molar-refractivity contribution < 1.29 is 9.18 Å². The summed E-state index contributed by atoms with van der Waals surface area (Å²) in [5.74, 6) is 0.381. The first-order chi connectivity index (χ1) is 10.2. The number of benzene rings is 1. The van der Waals surface area contributed by atoms with Crippen LogP contribution in [-0.2, 0) is 4.79 Å². The van der Waals surface area contributed by atoms with E-state index in [4.69, 9.17) is 0 Å². The van der Waals surface area contributed by atoms with Gasteiger partial charge in [0.05, 0.1) is 11.4 Å². The molecular formula is C15H15FN2OS2. The van der Waals surface area contributed by atoms with Crippen LogP contribution in [0.15, 0.2) is 34.0 Å². The van der Waals surface area contributed by atoms with E-state index < -0.39 is 0 Å². The maximum atomic E-state index is 12.9. The zero-order chi connectivity index (χ0) is 14.7. The van der Waals surface area contributed by atoms with Crippen molar-refractivity contribution in [1.82, 2.24) is 9.88 Å². The van der Waals surface area contributed by atoms with Crippen molar-refractivity contribution in [2.45, 2.75) is 17.2 Å². The van der Waals surface area contributed by atoms with E-state index in [9.17, 15) is 9.18 Å². The maximum Gasteiger partial charge on any atom is 0.233 e. The van der Waals surface area contributed by atoms with E-state index in [0.717, 1.165) is 41.5 Å². The average Bonchev–Trinajstić information content (AvgIpc) is 3.17. The van der Waals surface area contributed by atoms with E-state index in [-0.39, 0.29) is 11.7 Å². The van der Waals surface area contributed by atoms with Gasteiger partial charge in [0.2, 0.25) is 5.91 Å². The topological polar surface area (TPSA) is 33.2 Å². The normalized spacial score (nSPS) is 14.6. The molecule has 21 heavy (non-hydrogen) atoms. The van der Waals surface area contributed by atoms with Crippen LogP contribution in [0.25, 0.3) is 11.3 Å². The van der Waals surface area contributed by atoms with E-state index >= 15 is 0 Å². The summed E-state index contributed by atoms with van der Waals surface area (Å²) in [7, 11) is 0. The van der Waals surface area contributed by atoms with E-state index in [1.54, 1.807) is 12.1 Å². The molecule has 1 aliphatic rings. The zero-order valence-electron chi connectivity index (χ0n) is 11.4. The summed E-state index contributed by atoms with van der Waals surface area (Å²) in [4.78, 5) is 18.4. The standard InChI is InChI=1S/C15H15FN2OS2/c16-12-5-3-11(4-6-12)13-9-20-15(17-13)21-10-14(19)18-7-1-2-8-18/h3-6,9H,1-2,7-8,10H2. The fourth-order valence-corrected chi connectivity index (χ4v) is 4.00. The first-order valence-corrected chi connectivity index (χ1v) is 8.71.